The Labute approximate surface area is 208 Å². The van der Waals surface area contributed by atoms with Crippen LogP contribution in [-0.4, -0.2) is 64.9 Å². The Kier molecular flexibility index (Phi) is 6.97. The van der Waals surface area contributed by atoms with E-state index in [1.807, 2.05) is 18.2 Å². The average Bonchev–Trinajstić information content (AvgIpc) is 3.52. The summed E-state index contributed by atoms with van der Waals surface area (Å²) in [7, 11) is 3.06. The van der Waals surface area contributed by atoms with Crippen LogP contribution in [0.15, 0.2) is 42.5 Å². The number of nitrogen functional groups attached to an aromatic ring is 1. The van der Waals surface area contributed by atoms with Gasteiger partial charge in [-0.25, -0.2) is 8.96 Å². The van der Waals surface area contributed by atoms with Crippen LogP contribution in [0, 0.1) is 5.82 Å². The first kappa shape index (κ1) is 24.0. The second kappa shape index (κ2) is 10.5. The summed E-state index contributed by atoms with van der Waals surface area (Å²) < 4.78 is 32.5. The maximum absolute atomic E-state index is 14.9. The molecule has 1 aliphatic rings. The molecule has 1 aliphatic heterocycles. The van der Waals surface area contributed by atoms with Gasteiger partial charge in [-0.1, -0.05) is 24.3 Å². The highest BCUT2D eigenvalue weighted by molar-refractivity contribution is 5.85. The van der Waals surface area contributed by atoms with Gasteiger partial charge in [-0.15, -0.1) is 0 Å². The molecule has 0 spiro atoms. The van der Waals surface area contributed by atoms with Crippen molar-refractivity contribution in [1.82, 2.24) is 24.4 Å². The molecule has 9 nitrogen and oxygen atoms in total. The van der Waals surface area contributed by atoms with Crippen molar-refractivity contribution in [3.8, 4) is 28.8 Å². The van der Waals surface area contributed by atoms with Crippen LogP contribution in [-0.2, 0) is 11.3 Å². The van der Waals surface area contributed by atoms with Crippen molar-refractivity contribution in [2.45, 2.75) is 19.4 Å². The van der Waals surface area contributed by atoms with Crippen LogP contribution >= 0.6 is 0 Å². The highest BCUT2D eigenvalue weighted by Gasteiger charge is 2.20. The first-order valence-corrected chi connectivity index (χ1v) is 11.9. The van der Waals surface area contributed by atoms with Crippen LogP contribution in [0.4, 0.5) is 10.2 Å². The predicted octanol–water partition coefficient (Wildman–Crippen LogP) is 3.83. The molecule has 1 saturated heterocycles. The van der Waals surface area contributed by atoms with Crippen molar-refractivity contribution in [1.29, 1.82) is 0 Å². The highest BCUT2D eigenvalue weighted by atomic mass is 19.1. The van der Waals surface area contributed by atoms with E-state index in [1.165, 1.54) is 37.6 Å². The van der Waals surface area contributed by atoms with Crippen molar-refractivity contribution in [2.24, 2.45) is 0 Å². The van der Waals surface area contributed by atoms with Gasteiger partial charge in [0.2, 0.25) is 0 Å². The molecule has 2 aromatic heterocycles. The molecule has 0 saturated carbocycles. The molecule has 2 N–H and O–H groups in total. The number of nitrogens with two attached hydrogens (primary N) is 1. The van der Waals surface area contributed by atoms with Crippen LogP contribution in [0.3, 0.4) is 0 Å². The molecule has 5 rings (SSSR count). The number of aromatic nitrogens is 4. The molecule has 0 unspecified atom stereocenters. The van der Waals surface area contributed by atoms with E-state index in [4.69, 9.17) is 19.9 Å². The molecule has 36 heavy (non-hydrogen) atoms. The maximum atomic E-state index is 14.9. The fourth-order valence-electron chi connectivity index (χ4n) is 4.46. The Bertz CT molecular complexity index is 1350. The number of methoxy groups -OCH3 is 2. The van der Waals surface area contributed by atoms with E-state index in [1.54, 1.807) is 11.7 Å². The molecule has 0 atom stereocenters. The molecule has 188 valence electrons. The summed E-state index contributed by atoms with van der Waals surface area (Å²) in [5.41, 5.74) is 10.2. The number of ether oxygens (including phenoxy) is 3. The molecule has 4 aromatic rings. The Morgan fingerprint density at radius 3 is 2.44 bits per heavy atom. The van der Waals surface area contributed by atoms with Crippen molar-refractivity contribution in [3.05, 3.63) is 53.8 Å². The maximum Gasteiger partial charge on any atom is 0.320 e. The molecule has 0 radical (unpaired) electrons. The molecule has 3 heterocycles. The summed E-state index contributed by atoms with van der Waals surface area (Å²) in [5.74, 6) is -0.263. The van der Waals surface area contributed by atoms with Gasteiger partial charge in [0.25, 0.3) is 0 Å². The Morgan fingerprint density at radius 1 is 0.944 bits per heavy atom. The number of anilines is 1. The predicted molar refractivity (Wildman–Crippen MR) is 135 cm³/mol. The van der Waals surface area contributed by atoms with Gasteiger partial charge in [0.1, 0.15) is 12.4 Å². The second-order valence-corrected chi connectivity index (χ2v) is 8.72. The van der Waals surface area contributed by atoms with E-state index in [2.05, 4.69) is 32.0 Å². The van der Waals surface area contributed by atoms with Crippen molar-refractivity contribution in [2.75, 3.05) is 46.3 Å². The Balaban J connectivity index is 1.52. The zero-order valence-corrected chi connectivity index (χ0v) is 20.4. The van der Waals surface area contributed by atoms with Crippen LogP contribution in [0.5, 0.6) is 12.0 Å². The van der Waals surface area contributed by atoms with Gasteiger partial charge in [-0.2, -0.15) is 15.0 Å². The third-order valence-corrected chi connectivity index (χ3v) is 6.22. The molecule has 0 bridgehead atoms. The topological polar surface area (TPSA) is 101 Å². The lowest BCUT2D eigenvalue weighted by atomic mass is 10.0. The third kappa shape index (κ3) is 4.95. The number of hydrogen-bond donors (Lipinski definition) is 1. The molecule has 0 aliphatic carbocycles. The quantitative estimate of drug-likeness (QED) is 0.352. The van der Waals surface area contributed by atoms with Gasteiger partial charge in [0.05, 0.1) is 19.4 Å². The zero-order chi connectivity index (χ0) is 25.1. The SMILES string of the molecule is COCCOc1nc(N)c2nc(OC)n(-c3cc(F)cc(-c4ccc(CN5CCCC5)cc4)c3)c2n1. The number of fused-ring (bicyclic) bond motifs is 1. The van der Waals surface area contributed by atoms with Gasteiger partial charge < -0.3 is 19.9 Å². The number of imidazole rings is 1. The Morgan fingerprint density at radius 2 is 1.72 bits per heavy atom. The smallest absolute Gasteiger partial charge is 0.320 e. The minimum atomic E-state index is -0.397. The molecule has 1 fully saturated rings. The van der Waals surface area contributed by atoms with Crippen LogP contribution in [0.2, 0.25) is 0 Å². The monoisotopic (exact) mass is 492 g/mol. The lowest BCUT2D eigenvalue weighted by Crippen LogP contribution is -2.18. The van der Waals surface area contributed by atoms with Crippen molar-refractivity contribution < 1.29 is 18.6 Å². The Hall–Kier alpha value is -3.76. The van der Waals surface area contributed by atoms with Crippen LogP contribution in [0.25, 0.3) is 28.0 Å². The fraction of sp³-hybridized carbons (Fsp3) is 0.346. The number of halogens is 1. The number of hydrogen-bond acceptors (Lipinski definition) is 8. The number of benzene rings is 2. The molecular weight excluding hydrogens is 463 g/mol. The van der Waals surface area contributed by atoms with Crippen LogP contribution < -0.4 is 15.2 Å². The summed E-state index contributed by atoms with van der Waals surface area (Å²) >= 11 is 0. The number of nitrogens with zero attached hydrogens (tertiary/aromatic N) is 5. The van der Waals surface area contributed by atoms with E-state index in [0.717, 1.165) is 30.8 Å². The number of rotatable bonds is 9. The summed E-state index contributed by atoms with van der Waals surface area (Å²) in [6, 6.07) is 13.3. The minimum Gasteiger partial charge on any atom is -0.468 e. The van der Waals surface area contributed by atoms with Gasteiger partial charge in [-0.3, -0.25) is 4.90 Å². The third-order valence-electron chi connectivity index (χ3n) is 6.22. The normalized spacial score (nSPS) is 14.0. The molecular formula is C26H29FN6O3. The van der Waals surface area contributed by atoms with Crippen LogP contribution in [0.1, 0.15) is 18.4 Å². The summed E-state index contributed by atoms with van der Waals surface area (Å²) in [4.78, 5) is 15.5. The van der Waals surface area contributed by atoms with E-state index >= 15 is 0 Å². The summed E-state index contributed by atoms with van der Waals surface area (Å²) in [6.45, 7) is 3.84. The van der Waals surface area contributed by atoms with Gasteiger partial charge in [0.15, 0.2) is 17.0 Å². The average molecular weight is 493 g/mol. The van der Waals surface area contributed by atoms with Gasteiger partial charge >= 0.3 is 12.0 Å². The largest absolute Gasteiger partial charge is 0.468 e. The van der Waals surface area contributed by atoms with E-state index in [-0.39, 0.29) is 24.4 Å². The molecule has 10 heteroatoms. The minimum absolute atomic E-state index is 0.0751. The van der Waals surface area contributed by atoms with E-state index in [9.17, 15) is 4.39 Å². The summed E-state index contributed by atoms with van der Waals surface area (Å²) in [6.07, 6.45) is 2.52. The van der Waals surface area contributed by atoms with E-state index < -0.39 is 5.82 Å². The van der Waals surface area contributed by atoms with E-state index in [0.29, 0.717) is 23.5 Å². The van der Waals surface area contributed by atoms with Crippen molar-refractivity contribution >= 4 is 17.0 Å². The highest BCUT2D eigenvalue weighted by Crippen LogP contribution is 2.32. The zero-order valence-electron chi connectivity index (χ0n) is 20.4. The molecule has 2 aromatic carbocycles. The van der Waals surface area contributed by atoms with Gasteiger partial charge in [-0.05, 0) is 60.8 Å². The van der Waals surface area contributed by atoms with Gasteiger partial charge in [0, 0.05) is 13.7 Å². The van der Waals surface area contributed by atoms with Crippen molar-refractivity contribution in [3.63, 3.8) is 0 Å². The standard InChI is InChI=1S/C26H29FN6O3/c1-34-11-12-36-25-30-23(28)22-24(31-25)33(26(29-22)35-2)21-14-19(13-20(27)15-21)18-7-5-17(6-8-18)16-32-9-3-4-10-32/h5-8,13-15H,3-4,9-12,16H2,1-2H3,(H2,28,30,31). The second-order valence-electron chi connectivity index (χ2n) is 8.72. The first-order valence-electron chi connectivity index (χ1n) is 11.9. The summed E-state index contributed by atoms with van der Waals surface area (Å²) in [5, 5.41) is 0. The lowest BCUT2D eigenvalue weighted by molar-refractivity contribution is 0.141. The fourth-order valence-corrected chi connectivity index (χ4v) is 4.46. The number of likely N-dealkylation sites (tertiary alicyclic amines) is 1. The first-order chi connectivity index (χ1) is 17.6. The molecule has 0 amide bonds. The lowest BCUT2D eigenvalue weighted by Gasteiger charge is -2.15.